The van der Waals surface area contributed by atoms with Gasteiger partial charge in [0.1, 0.15) is 0 Å². The summed E-state index contributed by atoms with van der Waals surface area (Å²) in [6.45, 7) is 2.22. The third-order valence-corrected chi connectivity index (χ3v) is 4.78. The van der Waals surface area contributed by atoms with Crippen molar-refractivity contribution in [2.45, 2.75) is 24.7 Å². The van der Waals surface area contributed by atoms with E-state index in [0.717, 1.165) is 12.8 Å². The molecule has 2 aromatic rings. The highest BCUT2D eigenvalue weighted by Gasteiger charge is 2.20. The van der Waals surface area contributed by atoms with E-state index in [2.05, 4.69) is 11.6 Å². The van der Waals surface area contributed by atoms with Crippen LogP contribution < -0.4 is 14.2 Å². The van der Waals surface area contributed by atoms with Crippen molar-refractivity contribution in [3.8, 4) is 11.5 Å². The van der Waals surface area contributed by atoms with Crippen molar-refractivity contribution in [2.75, 3.05) is 11.5 Å². The number of sulfonamides is 1. The first-order valence-electron chi connectivity index (χ1n) is 7.10. The van der Waals surface area contributed by atoms with E-state index in [1.165, 1.54) is 17.7 Å². The summed E-state index contributed by atoms with van der Waals surface area (Å²) in [7, 11) is -3.65. The molecule has 5 nitrogen and oxygen atoms in total. The van der Waals surface area contributed by atoms with E-state index in [-0.39, 0.29) is 11.7 Å². The van der Waals surface area contributed by atoms with Gasteiger partial charge in [0.25, 0.3) is 10.0 Å². The largest absolute Gasteiger partial charge is 0.454 e. The van der Waals surface area contributed by atoms with E-state index in [4.69, 9.17) is 9.47 Å². The maximum atomic E-state index is 12.4. The molecule has 1 heterocycles. The number of aryl methyl sites for hydroxylation is 1. The zero-order chi connectivity index (χ0) is 15.6. The standard InChI is InChI=1S/C16H17NO4S/c1-2-3-12-4-6-13(7-5-12)17-22(18,19)14-8-9-15-16(10-14)21-11-20-15/h4-10,17H,2-3,11H2,1H3. The molecule has 6 heteroatoms. The van der Waals surface area contributed by atoms with Gasteiger partial charge in [-0.25, -0.2) is 8.42 Å². The van der Waals surface area contributed by atoms with Crippen LogP contribution in [-0.4, -0.2) is 15.2 Å². The van der Waals surface area contributed by atoms with Crippen LogP contribution in [0, 0.1) is 0 Å². The number of nitrogens with one attached hydrogen (secondary N) is 1. The number of rotatable bonds is 5. The zero-order valence-corrected chi connectivity index (χ0v) is 13.0. The van der Waals surface area contributed by atoms with Crippen LogP contribution in [0.1, 0.15) is 18.9 Å². The van der Waals surface area contributed by atoms with Crippen molar-refractivity contribution in [3.63, 3.8) is 0 Å². The maximum absolute atomic E-state index is 12.4. The van der Waals surface area contributed by atoms with Crippen LogP contribution in [-0.2, 0) is 16.4 Å². The number of benzene rings is 2. The molecule has 0 unspecified atom stereocenters. The smallest absolute Gasteiger partial charge is 0.262 e. The fraction of sp³-hybridized carbons (Fsp3) is 0.250. The predicted octanol–water partition coefficient (Wildman–Crippen LogP) is 3.17. The first kappa shape index (κ1) is 14.7. The van der Waals surface area contributed by atoms with Crippen LogP contribution in [0.25, 0.3) is 0 Å². The van der Waals surface area contributed by atoms with E-state index < -0.39 is 10.0 Å². The summed E-state index contributed by atoms with van der Waals surface area (Å²) in [5, 5.41) is 0. The summed E-state index contributed by atoms with van der Waals surface area (Å²) >= 11 is 0. The van der Waals surface area contributed by atoms with Crippen molar-refractivity contribution in [1.29, 1.82) is 0 Å². The van der Waals surface area contributed by atoms with Gasteiger partial charge in [0.05, 0.1) is 4.90 Å². The molecule has 0 spiro atoms. The van der Waals surface area contributed by atoms with Crippen LogP contribution >= 0.6 is 0 Å². The van der Waals surface area contributed by atoms with Gasteiger partial charge < -0.3 is 9.47 Å². The molecule has 22 heavy (non-hydrogen) atoms. The molecule has 1 N–H and O–H groups in total. The summed E-state index contributed by atoms with van der Waals surface area (Å²) in [6.07, 6.45) is 2.04. The average Bonchev–Trinajstić information content (AvgIpc) is 2.97. The number of hydrogen-bond donors (Lipinski definition) is 1. The number of fused-ring (bicyclic) bond motifs is 1. The molecule has 0 saturated heterocycles. The Kier molecular flexibility index (Phi) is 3.94. The lowest BCUT2D eigenvalue weighted by atomic mass is 10.1. The van der Waals surface area contributed by atoms with Crippen LogP contribution in [0.2, 0.25) is 0 Å². The van der Waals surface area contributed by atoms with Crippen molar-refractivity contribution < 1.29 is 17.9 Å². The molecule has 3 rings (SSSR count). The minimum atomic E-state index is -3.65. The monoisotopic (exact) mass is 319 g/mol. The Labute approximate surface area is 129 Å². The Morgan fingerprint density at radius 3 is 2.50 bits per heavy atom. The van der Waals surface area contributed by atoms with E-state index in [1.807, 2.05) is 12.1 Å². The first-order valence-corrected chi connectivity index (χ1v) is 8.58. The highest BCUT2D eigenvalue weighted by atomic mass is 32.2. The second kappa shape index (κ2) is 5.88. The molecular weight excluding hydrogens is 302 g/mol. The molecule has 0 radical (unpaired) electrons. The van der Waals surface area contributed by atoms with E-state index in [9.17, 15) is 8.42 Å². The van der Waals surface area contributed by atoms with E-state index in [1.54, 1.807) is 18.2 Å². The van der Waals surface area contributed by atoms with Gasteiger partial charge in [-0.05, 0) is 36.2 Å². The molecule has 0 aliphatic carbocycles. The lowest BCUT2D eigenvalue weighted by Gasteiger charge is -2.09. The topological polar surface area (TPSA) is 64.6 Å². The molecule has 116 valence electrons. The summed E-state index contributed by atoms with van der Waals surface area (Å²) < 4.78 is 37.8. The molecule has 0 bridgehead atoms. The van der Waals surface area contributed by atoms with Gasteiger partial charge in [0, 0.05) is 11.8 Å². The Hall–Kier alpha value is -2.21. The summed E-state index contributed by atoms with van der Waals surface area (Å²) in [6, 6.07) is 12.0. The fourth-order valence-electron chi connectivity index (χ4n) is 2.29. The predicted molar refractivity (Wildman–Crippen MR) is 83.8 cm³/mol. The van der Waals surface area contributed by atoms with Crippen LogP contribution in [0.15, 0.2) is 47.4 Å². The fourth-order valence-corrected chi connectivity index (χ4v) is 3.36. The maximum Gasteiger partial charge on any atom is 0.262 e. The molecule has 0 amide bonds. The first-order chi connectivity index (χ1) is 10.6. The Balaban J connectivity index is 1.81. The highest BCUT2D eigenvalue weighted by molar-refractivity contribution is 7.92. The molecule has 0 saturated carbocycles. The van der Waals surface area contributed by atoms with Crippen LogP contribution in [0.5, 0.6) is 11.5 Å². The van der Waals surface area contributed by atoms with Gasteiger partial charge >= 0.3 is 0 Å². The van der Waals surface area contributed by atoms with Gasteiger partial charge in [0.2, 0.25) is 6.79 Å². The number of anilines is 1. The molecule has 0 atom stereocenters. The van der Waals surface area contributed by atoms with Crippen LogP contribution in [0.4, 0.5) is 5.69 Å². The Morgan fingerprint density at radius 1 is 1.05 bits per heavy atom. The average molecular weight is 319 g/mol. The summed E-state index contributed by atoms with van der Waals surface area (Å²) in [5.74, 6) is 1.00. The zero-order valence-electron chi connectivity index (χ0n) is 12.2. The lowest BCUT2D eigenvalue weighted by Crippen LogP contribution is -2.12. The third kappa shape index (κ3) is 3.01. The van der Waals surface area contributed by atoms with Crippen LogP contribution in [0.3, 0.4) is 0 Å². The second-order valence-electron chi connectivity index (χ2n) is 5.07. The Bertz CT molecular complexity index is 769. The quantitative estimate of drug-likeness (QED) is 0.919. The SMILES string of the molecule is CCCc1ccc(NS(=O)(=O)c2ccc3c(c2)OCO3)cc1. The van der Waals surface area contributed by atoms with Crippen molar-refractivity contribution in [1.82, 2.24) is 0 Å². The van der Waals surface area contributed by atoms with E-state index in [0.29, 0.717) is 17.2 Å². The Morgan fingerprint density at radius 2 is 1.77 bits per heavy atom. The highest BCUT2D eigenvalue weighted by Crippen LogP contribution is 2.34. The normalized spacial score (nSPS) is 13.1. The van der Waals surface area contributed by atoms with Gasteiger partial charge in [-0.3, -0.25) is 4.72 Å². The van der Waals surface area contributed by atoms with Gasteiger partial charge in [-0.1, -0.05) is 25.5 Å². The molecule has 2 aromatic carbocycles. The lowest BCUT2D eigenvalue weighted by molar-refractivity contribution is 0.174. The van der Waals surface area contributed by atoms with Crippen molar-refractivity contribution >= 4 is 15.7 Å². The minimum Gasteiger partial charge on any atom is -0.454 e. The molecule has 0 fully saturated rings. The van der Waals surface area contributed by atoms with Crippen molar-refractivity contribution in [3.05, 3.63) is 48.0 Å². The number of ether oxygens (including phenoxy) is 2. The molecule has 1 aliphatic heterocycles. The van der Waals surface area contributed by atoms with Crippen molar-refractivity contribution in [2.24, 2.45) is 0 Å². The van der Waals surface area contributed by atoms with Gasteiger partial charge in [-0.15, -0.1) is 0 Å². The second-order valence-corrected chi connectivity index (χ2v) is 6.75. The minimum absolute atomic E-state index is 0.116. The van der Waals surface area contributed by atoms with E-state index >= 15 is 0 Å². The molecule has 1 aliphatic rings. The molecule has 0 aromatic heterocycles. The number of hydrogen-bond acceptors (Lipinski definition) is 4. The third-order valence-electron chi connectivity index (χ3n) is 3.40. The van der Waals surface area contributed by atoms with Gasteiger partial charge in [-0.2, -0.15) is 0 Å². The summed E-state index contributed by atoms with van der Waals surface area (Å²) in [4.78, 5) is 0.148. The van der Waals surface area contributed by atoms with Gasteiger partial charge in [0.15, 0.2) is 11.5 Å². The summed E-state index contributed by atoms with van der Waals surface area (Å²) in [5.41, 5.74) is 1.73. The molecular formula is C16H17NO4S.